The molecule has 0 saturated heterocycles. The highest BCUT2D eigenvalue weighted by atomic mass is 35.5. The molecule has 27 heavy (non-hydrogen) atoms. The lowest BCUT2D eigenvalue weighted by Crippen LogP contribution is -2.20. The Kier molecular flexibility index (Phi) is 7.66. The van der Waals surface area contributed by atoms with Gasteiger partial charge in [0.2, 0.25) is 0 Å². The van der Waals surface area contributed by atoms with Crippen molar-refractivity contribution >= 4 is 11.6 Å². The van der Waals surface area contributed by atoms with E-state index in [4.69, 9.17) is 16.3 Å². The molecule has 0 bridgehead atoms. The van der Waals surface area contributed by atoms with E-state index >= 15 is 0 Å². The number of rotatable bonds is 6. The number of ether oxygens (including phenoxy) is 1. The van der Waals surface area contributed by atoms with Crippen molar-refractivity contribution in [3.05, 3.63) is 64.7 Å². The topological polar surface area (TPSA) is 9.23 Å². The molecule has 0 spiro atoms. The van der Waals surface area contributed by atoms with Crippen LogP contribution < -0.4 is 4.74 Å². The lowest BCUT2D eigenvalue weighted by molar-refractivity contribution is 0.178. The molecule has 0 radical (unpaired) electrons. The fraction of sp³-hybridized carbons (Fsp3) is 0.440. The Morgan fingerprint density at radius 2 is 1.41 bits per heavy atom. The number of halogens is 1. The van der Waals surface area contributed by atoms with Gasteiger partial charge < -0.3 is 4.74 Å². The molecule has 1 fully saturated rings. The highest BCUT2D eigenvalue weighted by Crippen LogP contribution is 2.32. The van der Waals surface area contributed by atoms with Crippen molar-refractivity contribution in [1.82, 2.24) is 0 Å². The first-order chi connectivity index (χ1) is 13.2. The first-order valence-electron chi connectivity index (χ1n) is 10.2. The Balaban J connectivity index is 1.44. The predicted octanol–water partition coefficient (Wildman–Crippen LogP) is 7.12. The van der Waals surface area contributed by atoms with Gasteiger partial charge in [0.1, 0.15) is 5.75 Å². The smallest absolute Gasteiger partial charge is 0.119 e. The maximum atomic E-state index is 6.03. The summed E-state index contributed by atoms with van der Waals surface area (Å²) < 4.78 is 6.03. The average molecular weight is 381 g/mol. The van der Waals surface area contributed by atoms with E-state index in [2.05, 4.69) is 18.8 Å². The van der Waals surface area contributed by atoms with Gasteiger partial charge in [-0.3, -0.25) is 0 Å². The summed E-state index contributed by atoms with van der Waals surface area (Å²) in [6.07, 6.45) is 9.53. The number of benzene rings is 2. The van der Waals surface area contributed by atoms with E-state index in [1.807, 2.05) is 48.5 Å². The van der Waals surface area contributed by atoms with Gasteiger partial charge in [-0.1, -0.05) is 62.5 Å². The van der Waals surface area contributed by atoms with Crippen LogP contribution in [0.1, 0.15) is 63.0 Å². The van der Waals surface area contributed by atoms with Crippen LogP contribution in [0, 0.1) is 23.7 Å². The molecule has 2 aromatic carbocycles. The minimum Gasteiger partial charge on any atom is -0.493 e. The first-order valence-corrected chi connectivity index (χ1v) is 10.6. The molecule has 3 rings (SSSR count). The van der Waals surface area contributed by atoms with Crippen molar-refractivity contribution in [3.63, 3.8) is 0 Å². The number of hydrogen-bond donors (Lipinski definition) is 0. The standard InChI is InChI=1S/C25H29ClO/c1-2-3-4-20-7-9-23(10-8-20)19-27-25-17-13-22(14-18-25)6-5-21-11-15-24(26)16-12-21/h11-18,20,23H,2-4,7-10,19H2,1H3/t20-,23-. The summed E-state index contributed by atoms with van der Waals surface area (Å²) >= 11 is 5.90. The maximum Gasteiger partial charge on any atom is 0.119 e. The Morgan fingerprint density at radius 3 is 2.00 bits per heavy atom. The molecule has 0 aromatic heterocycles. The quantitative estimate of drug-likeness (QED) is 0.485. The summed E-state index contributed by atoms with van der Waals surface area (Å²) in [5, 5.41) is 0.733. The lowest BCUT2D eigenvalue weighted by atomic mass is 9.80. The van der Waals surface area contributed by atoms with Gasteiger partial charge in [0.25, 0.3) is 0 Å². The lowest BCUT2D eigenvalue weighted by Gasteiger charge is -2.28. The normalized spacial score (nSPS) is 19.2. The van der Waals surface area contributed by atoms with E-state index in [1.54, 1.807) is 0 Å². The molecule has 0 unspecified atom stereocenters. The molecule has 1 aliphatic carbocycles. The fourth-order valence-corrected chi connectivity index (χ4v) is 3.83. The zero-order chi connectivity index (χ0) is 18.9. The number of unbranched alkanes of at least 4 members (excludes halogenated alkanes) is 1. The van der Waals surface area contributed by atoms with Gasteiger partial charge in [0.05, 0.1) is 6.61 Å². The van der Waals surface area contributed by atoms with Crippen LogP contribution in [0.15, 0.2) is 48.5 Å². The van der Waals surface area contributed by atoms with E-state index in [1.165, 1.54) is 44.9 Å². The van der Waals surface area contributed by atoms with E-state index in [9.17, 15) is 0 Å². The van der Waals surface area contributed by atoms with Gasteiger partial charge in [-0.25, -0.2) is 0 Å². The molecular weight excluding hydrogens is 352 g/mol. The van der Waals surface area contributed by atoms with Gasteiger partial charge >= 0.3 is 0 Å². The highest BCUT2D eigenvalue weighted by Gasteiger charge is 2.21. The van der Waals surface area contributed by atoms with Crippen molar-refractivity contribution in [2.45, 2.75) is 51.9 Å². The molecule has 0 aliphatic heterocycles. The maximum absolute atomic E-state index is 6.03. The molecule has 1 nitrogen and oxygen atoms in total. The van der Waals surface area contributed by atoms with Crippen molar-refractivity contribution < 1.29 is 4.74 Å². The van der Waals surface area contributed by atoms with Crippen LogP contribution in [-0.4, -0.2) is 6.61 Å². The summed E-state index contributed by atoms with van der Waals surface area (Å²) in [6, 6.07) is 15.7. The van der Waals surface area contributed by atoms with Crippen LogP contribution in [0.2, 0.25) is 5.02 Å². The van der Waals surface area contributed by atoms with E-state index < -0.39 is 0 Å². The monoisotopic (exact) mass is 380 g/mol. The van der Waals surface area contributed by atoms with Gasteiger partial charge in [0.15, 0.2) is 0 Å². The van der Waals surface area contributed by atoms with E-state index in [0.29, 0.717) is 5.92 Å². The molecule has 0 amide bonds. The van der Waals surface area contributed by atoms with Gasteiger partial charge in [-0.05, 0) is 73.2 Å². The molecule has 2 aromatic rings. The predicted molar refractivity (Wildman–Crippen MR) is 114 cm³/mol. The SMILES string of the molecule is CCCC[C@H]1CC[C@H](COc2ccc(C#Cc3ccc(Cl)cc3)cc2)CC1. The van der Waals surface area contributed by atoms with Crippen molar-refractivity contribution in [1.29, 1.82) is 0 Å². The minimum absolute atomic E-state index is 0.715. The molecule has 1 saturated carbocycles. The fourth-order valence-electron chi connectivity index (χ4n) is 3.71. The second-order valence-corrected chi connectivity index (χ2v) is 8.06. The molecule has 2 heteroatoms. The van der Waals surface area contributed by atoms with E-state index in [0.717, 1.165) is 34.4 Å². The van der Waals surface area contributed by atoms with Crippen molar-refractivity contribution in [2.75, 3.05) is 6.61 Å². The minimum atomic E-state index is 0.715. The summed E-state index contributed by atoms with van der Waals surface area (Å²) in [4.78, 5) is 0. The third-order valence-electron chi connectivity index (χ3n) is 5.47. The van der Waals surface area contributed by atoms with Crippen molar-refractivity contribution in [2.24, 2.45) is 11.8 Å². The summed E-state index contributed by atoms with van der Waals surface area (Å²) in [5.74, 6) is 8.96. The van der Waals surface area contributed by atoms with Crippen LogP contribution in [-0.2, 0) is 0 Å². The number of hydrogen-bond acceptors (Lipinski definition) is 1. The third kappa shape index (κ3) is 6.64. The third-order valence-corrected chi connectivity index (χ3v) is 5.72. The van der Waals surface area contributed by atoms with Gasteiger partial charge in [0, 0.05) is 16.1 Å². The second-order valence-electron chi connectivity index (χ2n) is 7.62. The van der Waals surface area contributed by atoms with Gasteiger partial charge in [-0.2, -0.15) is 0 Å². The zero-order valence-electron chi connectivity index (χ0n) is 16.2. The van der Waals surface area contributed by atoms with Crippen LogP contribution >= 0.6 is 11.6 Å². The Hall–Kier alpha value is -1.91. The largest absolute Gasteiger partial charge is 0.493 e. The molecule has 1 aliphatic rings. The summed E-state index contributed by atoms with van der Waals surface area (Å²) in [5.41, 5.74) is 1.96. The first kappa shape index (κ1) is 19.8. The Bertz CT molecular complexity index is 744. The molecule has 142 valence electrons. The van der Waals surface area contributed by atoms with Crippen molar-refractivity contribution in [3.8, 4) is 17.6 Å². The van der Waals surface area contributed by atoms with Crippen LogP contribution in [0.4, 0.5) is 0 Å². The second kappa shape index (κ2) is 10.4. The van der Waals surface area contributed by atoms with E-state index in [-0.39, 0.29) is 0 Å². The summed E-state index contributed by atoms with van der Waals surface area (Å²) in [7, 11) is 0. The molecule has 0 heterocycles. The van der Waals surface area contributed by atoms with Crippen LogP contribution in [0.5, 0.6) is 5.75 Å². The highest BCUT2D eigenvalue weighted by molar-refractivity contribution is 6.30. The molecule has 0 N–H and O–H groups in total. The average Bonchev–Trinajstić information content (AvgIpc) is 2.72. The Morgan fingerprint density at radius 1 is 0.852 bits per heavy atom. The zero-order valence-corrected chi connectivity index (χ0v) is 17.0. The molecular formula is C25H29ClO. The van der Waals surface area contributed by atoms with Crippen LogP contribution in [0.3, 0.4) is 0 Å². The van der Waals surface area contributed by atoms with Gasteiger partial charge in [-0.15, -0.1) is 0 Å². The Labute approximate surface area is 169 Å². The molecule has 0 atom stereocenters. The summed E-state index contributed by atoms with van der Waals surface area (Å²) in [6.45, 7) is 3.13. The van der Waals surface area contributed by atoms with Crippen LogP contribution in [0.25, 0.3) is 0 Å².